The van der Waals surface area contributed by atoms with Gasteiger partial charge in [-0.25, -0.2) is 0 Å². The molecule has 0 aliphatic carbocycles. The van der Waals surface area contributed by atoms with Crippen molar-refractivity contribution < 1.29 is 14.6 Å². The molecule has 1 aromatic carbocycles. The Labute approximate surface area is 122 Å². The molecule has 0 bridgehead atoms. The Kier molecular flexibility index (Phi) is 8.26. The molecule has 0 saturated carbocycles. The summed E-state index contributed by atoms with van der Waals surface area (Å²) in [6, 6.07) is 8.45. The number of nitrogens with one attached hydrogen (secondary N) is 1. The SMILES string of the molecule is CCc1ccc(OCCOC[C@H](O)CNC(C)C)cc1. The van der Waals surface area contributed by atoms with E-state index in [0.717, 1.165) is 12.2 Å². The van der Waals surface area contributed by atoms with E-state index in [1.54, 1.807) is 0 Å². The first-order chi connectivity index (χ1) is 9.61. The predicted octanol–water partition coefficient (Wildman–Crippen LogP) is 2.00. The number of benzene rings is 1. The summed E-state index contributed by atoms with van der Waals surface area (Å²) in [7, 11) is 0. The van der Waals surface area contributed by atoms with Crippen molar-refractivity contribution in [3.63, 3.8) is 0 Å². The first-order valence-corrected chi connectivity index (χ1v) is 7.32. The van der Waals surface area contributed by atoms with Crippen LogP contribution in [0.2, 0.25) is 0 Å². The second-order valence-corrected chi connectivity index (χ2v) is 5.14. The van der Waals surface area contributed by atoms with Gasteiger partial charge in [0.15, 0.2) is 0 Å². The average Bonchev–Trinajstić information content (AvgIpc) is 2.45. The van der Waals surface area contributed by atoms with E-state index in [9.17, 15) is 5.11 Å². The van der Waals surface area contributed by atoms with E-state index >= 15 is 0 Å². The van der Waals surface area contributed by atoms with Gasteiger partial charge in [0.2, 0.25) is 0 Å². The summed E-state index contributed by atoms with van der Waals surface area (Å²) < 4.78 is 10.9. The van der Waals surface area contributed by atoms with Crippen LogP contribution in [0.1, 0.15) is 26.3 Å². The van der Waals surface area contributed by atoms with E-state index in [0.29, 0.717) is 32.4 Å². The summed E-state index contributed by atoms with van der Waals surface area (Å²) in [6.07, 6.45) is 0.562. The minimum absolute atomic E-state index is 0.331. The second-order valence-electron chi connectivity index (χ2n) is 5.14. The van der Waals surface area contributed by atoms with E-state index in [4.69, 9.17) is 9.47 Å². The minimum atomic E-state index is -0.471. The lowest BCUT2D eigenvalue weighted by Crippen LogP contribution is -2.34. The number of hydrogen-bond acceptors (Lipinski definition) is 4. The van der Waals surface area contributed by atoms with Crippen LogP contribution in [0.4, 0.5) is 0 Å². The Bertz CT molecular complexity index is 351. The summed E-state index contributed by atoms with van der Waals surface area (Å²) in [5, 5.41) is 12.8. The molecule has 2 N–H and O–H groups in total. The molecule has 1 rings (SSSR count). The second kappa shape index (κ2) is 9.75. The van der Waals surface area contributed by atoms with Gasteiger partial charge in [-0.05, 0) is 24.1 Å². The molecule has 4 nitrogen and oxygen atoms in total. The smallest absolute Gasteiger partial charge is 0.119 e. The van der Waals surface area contributed by atoms with Crippen molar-refractivity contribution in [2.75, 3.05) is 26.4 Å². The average molecular weight is 281 g/mol. The Morgan fingerprint density at radius 1 is 1.15 bits per heavy atom. The first-order valence-electron chi connectivity index (χ1n) is 7.32. The van der Waals surface area contributed by atoms with Crippen LogP contribution in [0, 0.1) is 0 Å². The highest BCUT2D eigenvalue weighted by molar-refractivity contribution is 5.27. The molecule has 0 amide bonds. The van der Waals surface area contributed by atoms with Crippen molar-refractivity contribution in [3.05, 3.63) is 29.8 Å². The predicted molar refractivity (Wildman–Crippen MR) is 81.3 cm³/mol. The molecule has 114 valence electrons. The third-order valence-electron chi connectivity index (χ3n) is 2.90. The summed E-state index contributed by atoms with van der Waals surface area (Å²) in [6.45, 7) is 8.08. The van der Waals surface area contributed by atoms with Crippen molar-refractivity contribution >= 4 is 0 Å². The Morgan fingerprint density at radius 3 is 2.45 bits per heavy atom. The lowest BCUT2D eigenvalue weighted by Gasteiger charge is -2.14. The van der Waals surface area contributed by atoms with E-state index in [2.05, 4.69) is 24.4 Å². The highest BCUT2D eigenvalue weighted by atomic mass is 16.5. The van der Waals surface area contributed by atoms with Gasteiger partial charge in [0, 0.05) is 12.6 Å². The van der Waals surface area contributed by atoms with Crippen LogP contribution in [-0.4, -0.2) is 43.6 Å². The Hall–Kier alpha value is -1.10. The molecule has 4 heteroatoms. The fourth-order valence-corrected chi connectivity index (χ4v) is 1.69. The minimum Gasteiger partial charge on any atom is -0.491 e. The van der Waals surface area contributed by atoms with Crippen molar-refractivity contribution in [2.45, 2.75) is 39.3 Å². The zero-order valence-electron chi connectivity index (χ0n) is 12.8. The van der Waals surface area contributed by atoms with Crippen molar-refractivity contribution in [3.8, 4) is 5.75 Å². The summed E-state index contributed by atoms with van der Waals surface area (Å²) in [5.74, 6) is 0.854. The summed E-state index contributed by atoms with van der Waals surface area (Å²) in [5.41, 5.74) is 1.30. The van der Waals surface area contributed by atoms with Gasteiger partial charge in [-0.2, -0.15) is 0 Å². The summed E-state index contributed by atoms with van der Waals surface area (Å²) in [4.78, 5) is 0. The van der Waals surface area contributed by atoms with Gasteiger partial charge in [-0.1, -0.05) is 32.9 Å². The van der Waals surface area contributed by atoms with Crippen LogP contribution >= 0.6 is 0 Å². The zero-order valence-corrected chi connectivity index (χ0v) is 12.8. The zero-order chi connectivity index (χ0) is 14.8. The monoisotopic (exact) mass is 281 g/mol. The van der Waals surface area contributed by atoms with Crippen molar-refractivity contribution in [2.24, 2.45) is 0 Å². The molecule has 1 aromatic rings. The van der Waals surface area contributed by atoms with Crippen LogP contribution in [0.15, 0.2) is 24.3 Å². The van der Waals surface area contributed by atoms with Crippen LogP contribution in [0.5, 0.6) is 5.75 Å². The molecular weight excluding hydrogens is 254 g/mol. The maximum atomic E-state index is 9.64. The molecule has 0 radical (unpaired) electrons. The van der Waals surface area contributed by atoms with Gasteiger partial charge in [-0.15, -0.1) is 0 Å². The number of aliphatic hydroxyl groups is 1. The lowest BCUT2D eigenvalue weighted by molar-refractivity contribution is 0.0244. The highest BCUT2D eigenvalue weighted by Crippen LogP contribution is 2.12. The third-order valence-corrected chi connectivity index (χ3v) is 2.90. The Balaban J connectivity index is 2.06. The fourth-order valence-electron chi connectivity index (χ4n) is 1.69. The van der Waals surface area contributed by atoms with E-state index < -0.39 is 6.10 Å². The maximum absolute atomic E-state index is 9.64. The standard InChI is InChI=1S/C16H27NO3/c1-4-14-5-7-16(8-6-14)20-10-9-19-12-15(18)11-17-13(2)3/h5-8,13,15,17-18H,4,9-12H2,1-3H3/t15-/m1/s1. The highest BCUT2D eigenvalue weighted by Gasteiger charge is 2.04. The van der Waals surface area contributed by atoms with Gasteiger partial charge in [0.25, 0.3) is 0 Å². The number of aliphatic hydroxyl groups excluding tert-OH is 1. The van der Waals surface area contributed by atoms with Crippen molar-refractivity contribution in [1.82, 2.24) is 5.32 Å². The van der Waals surface area contributed by atoms with E-state index in [1.165, 1.54) is 5.56 Å². The van der Waals surface area contributed by atoms with Gasteiger partial charge in [-0.3, -0.25) is 0 Å². The molecule has 0 aromatic heterocycles. The topological polar surface area (TPSA) is 50.7 Å². The largest absolute Gasteiger partial charge is 0.491 e. The molecule has 20 heavy (non-hydrogen) atoms. The van der Waals surface area contributed by atoms with Gasteiger partial charge in [0.1, 0.15) is 12.4 Å². The summed E-state index contributed by atoms with van der Waals surface area (Å²) >= 11 is 0. The fraction of sp³-hybridized carbons (Fsp3) is 0.625. The van der Waals surface area contributed by atoms with Gasteiger partial charge in [0.05, 0.1) is 19.3 Å². The molecule has 0 saturated heterocycles. The maximum Gasteiger partial charge on any atom is 0.119 e. The molecule has 0 fully saturated rings. The first kappa shape index (κ1) is 17.0. The third kappa shape index (κ3) is 7.48. The van der Waals surface area contributed by atoms with Crippen LogP contribution in [0.25, 0.3) is 0 Å². The number of hydrogen-bond donors (Lipinski definition) is 2. The van der Waals surface area contributed by atoms with Gasteiger partial charge >= 0.3 is 0 Å². The van der Waals surface area contributed by atoms with Crippen LogP contribution < -0.4 is 10.1 Å². The molecular formula is C16H27NO3. The molecule has 1 atom stereocenters. The van der Waals surface area contributed by atoms with E-state index in [-0.39, 0.29) is 0 Å². The molecule has 0 aliphatic rings. The normalized spacial score (nSPS) is 12.7. The number of aryl methyl sites for hydroxylation is 1. The van der Waals surface area contributed by atoms with Gasteiger partial charge < -0.3 is 19.9 Å². The van der Waals surface area contributed by atoms with Crippen molar-refractivity contribution in [1.29, 1.82) is 0 Å². The molecule has 0 aliphatic heterocycles. The number of rotatable bonds is 10. The molecule has 0 spiro atoms. The van der Waals surface area contributed by atoms with E-state index in [1.807, 2.05) is 26.0 Å². The van der Waals surface area contributed by atoms with Crippen LogP contribution in [-0.2, 0) is 11.2 Å². The quantitative estimate of drug-likeness (QED) is 0.644. The Morgan fingerprint density at radius 2 is 1.85 bits per heavy atom. The molecule has 0 heterocycles. The molecule has 0 unspecified atom stereocenters. The van der Waals surface area contributed by atoms with Crippen LogP contribution in [0.3, 0.4) is 0 Å². The lowest BCUT2D eigenvalue weighted by atomic mass is 10.2. The number of ether oxygens (including phenoxy) is 2.